The summed E-state index contributed by atoms with van der Waals surface area (Å²) in [4.78, 5) is 17.5. The topological polar surface area (TPSA) is 50.7 Å². The Morgan fingerprint density at radius 3 is 2.65 bits per heavy atom. The van der Waals surface area contributed by atoms with E-state index in [9.17, 15) is 9.18 Å². The van der Waals surface area contributed by atoms with Crippen LogP contribution in [0.5, 0.6) is 0 Å². The van der Waals surface area contributed by atoms with Crippen molar-refractivity contribution >= 4 is 23.3 Å². The third-order valence-electron chi connectivity index (χ3n) is 2.25. The fourth-order valence-electron chi connectivity index (χ4n) is 1.37. The molecule has 0 aromatic carbocycles. The van der Waals surface area contributed by atoms with Crippen LogP contribution in [0, 0.1) is 17.5 Å². The molecule has 2 aromatic rings. The van der Waals surface area contributed by atoms with Crippen LogP contribution in [0.3, 0.4) is 0 Å². The Morgan fingerprint density at radius 1 is 1.47 bits per heavy atom. The summed E-state index contributed by atoms with van der Waals surface area (Å²) >= 11 is 4.94. The number of aryl methyl sites for hydroxylation is 2. The molecule has 0 saturated heterocycles. The normalized spacial score (nSPS) is 9.94. The van der Waals surface area contributed by atoms with Crippen molar-refractivity contribution in [3.63, 3.8) is 0 Å². The van der Waals surface area contributed by atoms with E-state index in [4.69, 9.17) is 12.2 Å². The number of H-pyrrole nitrogens is 1. The number of rotatable bonds is 0. The van der Waals surface area contributed by atoms with Crippen molar-refractivity contribution in [2.45, 2.75) is 20.8 Å². The van der Waals surface area contributed by atoms with Crippen LogP contribution >= 0.6 is 12.2 Å². The fraction of sp³-hybridized carbons (Fsp3) is 0.364. The van der Waals surface area contributed by atoms with Gasteiger partial charge in [0, 0.05) is 24.2 Å². The predicted molar refractivity (Wildman–Crippen MR) is 68.2 cm³/mol. The van der Waals surface area contributed by atoms with Crippen molar-refractivity contribution in [3.05, 3.63) is 32.7 Å². The molecular formula is C11H14FN3OS. The molecule has 0 aliphatic rings. The maximum atomic E-state index is 13.3. The first-order valence-electron chi connectivity index (χ1n) is 5.26. The molecule has 0 aliphatic heterocycles. The number of aromatic nitrogens is 3. The van der Waals surface area contributed by atoms with Gasteiger partial charge >= 0.3 is 0 Å². The van der Waals surface area contributed by atoms with Gasteiger partial charge in [-0.25, -0.2) is 9.37 Å². The van der Waals surface area contributed by atoms with Gasteiger partial charge in [0.1, 0.15) is 5.65 Å². The monoisotopic (exact) mass is 255 g/mol. The van der Waals surface area contributed by atoms with Crippen LogP contribution in [0.2, 0.25) is 0 Å². The number of hydrogen-bond donors (Lipinski definition) is 1. The zero-order valence-electron chi connectivity index (χ0n) is 10.2. The number of aromatic amines is 1. The lowest BCUT2D eigenvalue weighted by Crippen LogP contribution is -2.14. The number of fused-ring (bicyclic) bond motifs is 1. The van der Waals surface area contributed by atoms with E-state index in [1.807, 2.05) is 13.8 Å². The zero-order chi connectivity index (χ0) is 13.2. The highest BCUT2D eigenvalue weighted by molar-refractivity contribution is 7.71. The van der Waals surface area contributed by atoms with Crippen LogP contribution in [0.15, 0.2) is 11.0 Å². The summed E-state index contributed by atoms with van der Waals surface area (Å²) in [6, 6.07) is 0. The maximum Gasteiger partial charge on any atom is 0.285 e. The highest BCUT2D eigenvalue weighted by atomic mass is 32.1. The molecule has 2 rings (SSSR count). The first-order chi connectivity index (χ1) is 8.00. The third-order valence-corrected chi connectivity index (χ3v) is 2.63. The summed E-state index contributed by atoms with van der Waals surface area (Å²) in [6.45, 7) is 5.54. The first kappa shape index (κ1) is 13.5. The molecule has 0 bridgehead atoms. The van der Waals surface area contributed by atoms with Crippen LogP contribution in [0.4, 0.5) is 4.39 Å². The van der Waals surface area contributed by atoms with E-state index in [0.29, 0.717) is 15.8 Å². The van der Waals surface area contributed by atoms with E-state index in [2.05, 4.69) is 9.97 Å². The molecule has 0 aliphatic carbocycles. The van der Waals surface area contributed by atoms with Crippen LogP contribution in [-0.4, -0.2) is 14.5 Å². The predicted octanol–water partition coefficient (Wildman–Crippen LogP) is 2.46. The van der Waals surface area contributed by atoms with Gasteiger partial charge in [0.05, 0.1) is 0 Å². The molecule has 2 heterocycles. The fourth-order valence-corrected chi connectivity index (χ4v) is 1.51. The van der Waals surface area contributed by atoms with Gasteiger partial charge in [0.15, 0.2) is 5.82 Å². The molecule has 92 valence electrons. The molecule has 6 heteroatoms. The Labute approximate surface area is 103 Å². The quantitative estimate of drug-likeness (QED) is 0.736. The van der Waals surface area contributed by atoms with E-state index in [1.54, 1.807) is 17.8 Å². The number of pyridine rings is 1. The minimum atomic E-state index is -0.776. The molecule has 0 saturated carbocycles. The molecule has 0 atom stereocenters. The second-order valence-corrected chi connectivity index (χ2v) is 3.65. The lowest BCUT2D eigenvalue weighted by Gasteiger charge is -2.04. The van der Waals surface area contributed by atoms with Gasteiger partial charge in [-0.1, -0.05) is 13.8 Å². The van der Waals surface area contributed by atoms with Crippen molar-refractivity contribution in [2.24, 2.45) is 7.05 Å². The molecule has 0 spiro atoms. The molecule has 1 N–H and O–H groups in total. The molecule has 2 aromatic heterocycles. The van der Waals surface area contributed by atoms with E-state index < -0.39 is 11.4 Å². The van der Waals surface area contributed by atoms with Crippen molar-refractivity contribution in [3.8, 4) is 0 Å². The molecule has 4 nitrogen and oxygen atoms in total. The van der Waals surface area contributed by atoms with Crippen LogP contribution < -0.4 is 5.56 Å². The molecular weight excluding hydrogens is 241 g/mol. The van der Waals surface area contributed by atoms with Gasteiger partial charge < -0.3 is 9.55 Å². The highest BCUT2D eigenvalue weighted by Crippen LogP contribution is 2.13. The highest BCUT2D eigenvalue weighted by Gasteiger charge is 2.09. The van der Waals surface area contributed by atoms with Gasteiger partial charge in [0.2, 0.25) is 4.77 Å². The van der Waals surface area contributed by atoms with Gasteiger partial charge in [-0.05, 0) is 19.1 Å². The number of nitrogens with one attached hydrogen (secondary N) is 1. The molecule has 0 amide bonds. The average molecular weight is 255 g/mol. The SMILES string of the molecule is CC.Cc1c(F)c(=O)[nH]c2nc(=S)n(C)cc12. The average Bonchev–Trinajstić information content (AvgIpc) is 2.32. The van der Waals surface area contributed by atoms with Crippen LogP contribution in [-0.2, 0) is 7.05 Å². The van der Waals surface area contributed by atoms with Gasteiger partial charge in [0.25, 0.3) is 5.56 Å². The van der Waals surface area contributed by atoms with Gasteiger partial charge in [-0.3, -0.25) is 4.79 Å². The van der Waals surface area contributed by atoms with E-state index in [-0.39, 0.29) is 5.56 Å². The second kappa shape index (κ2) is 5.18. The van der Waals surface area contributed by atoms with E-state index in [1.165, 1.54) is 6.92 Å². The summed E-state index contributed by atoms with van der Waals surface area (Å²) in [6.07, 6.45) is 1.65. The standard InChI is InChI=1S/C9H8FN3OS.C2H6/c1-4-5-3-13(2)9(15)12-7(5)11-8(14)6(4)10;1-2/h3H,1-2H3,(H,11,12,14,15);1-2H3. The van der Waals surface area contributed by atoms with Crippen LogP contribution in [0.25, 0.3) is 11.0 Å². The summed E-state index contributed by atoms with van der Waals surface area (Å²) < 4.78 is 15.2. The number of nitrogens with zero attached hydrogens (tertiary/aromatic N) is 2. The lowest BCUT2D eigenvalue weighted by atomic mass is 10.2. The Hall–Kier alpha value is -1.56. The Kier molecular flexibility index (Phi) is 4.11. The largest absolute Gasteiger partial charge is 0.326 e. The van der Waals surface area contributed by atoms with Gasteiger partial charge in [-0.15, -0.1) is 0 Å². The van der Waals surface area contributed by atoms with Crippen molar-refractivity contribution in [1.82, 2.24) is 14.5 Å². The minimum absolute atomic E-state index is 0.284. The first-order valence-corrected chi connectivity index (χ1v) is 5.67. The van der Waals surface area contributed by atoms with Crippen molar-refractivity contribution in [2.75, 3.05) is 0 Å². The zero-order valence-corrected chi connectivity index (χ0v) is 11.0. The van der Waals surface area contributed by atoms with Crippen LogP contribution in [0.1, 0.15) is 19.4 Å². The summed E-state index contributed by atoms with van der Waals surface area (Å²) in [7, 11) is 1.72. The third kappa shape index (κ3) is 2.41. The number of hydrogen-bond acceptors (Lipinski definition) is 3. The van der Waals surface area contributed by atoms with Gasteiger partial charge in [-0.2, -0.15) is 0 Å². The Morgan fingerprint density at radius 2 is 2.06 bits per heavy atom. The Balaban J connectivity index is 0.000000686. The van der Waals surface area contributed by atoms with E-state index in [0.717, 1.165) is 0 Å². The molecule has 0 unspecified atom stereocenters. The maximum absolute atomic E-state index is 13.3. The number of halogens is 1. The second-order valence-electron chi connectivity index (χ2n) is 3.29. The molecule has 17 heavy (non-hydrogen) atoms. The van der Waals surface area contributed by atoms with E-state index >= 15 is 0 Å². The summed E-state index contributed by atoms with van der Waals surface area (Å²) in [5.41, 5.74) is -0.162. The van der Waals surface area contributed by atoms with Crippen molar-refractivity contribution in [1.29, 1.82) is 0 Å². The minimum Gasteiger partial charge on any atom is -0.326 e. The molecule has 0 radical (unpaired) electrons. The summed E-state index contributed by atoms with van der Waals surface area (Å²) in [5.74, 6) is -0.776. The lowest BCUT2D eigenvalue weighted by molar-refractivity contribution is 0.602. The molecule has 0 fully saturated rings. The summed E-state index contributed by atoms with van der Waals surface area (Å²) in [5, 5.41) is 0.559. The van der Waals surface area contributed by atoms with Crippen molar-refractivity contribution < 1.29 is 4.39 Å². The smallest absolute Gasteiger partial charge is 0.285 e. The Bertz CT molecular complexity index is 655.